The van der Waals surface area contributed by atoms with Gasteiger partial charge in [0.15, 0.2) is 0 Å². The minimum Gasteiger partial charge on any atom is -0.772 e. The summed E-state index contributed by atoms with van der Waals surface area (Å²) in [6.07, 6.45) is 3.27. The lowest BCUT2D eigenvalue weighted by atomic mass is 10.1. The monoisotopic (exact) mass is 213 g/mol. The van der Waals surface area contributed by atoms with Gasteiger partial charge < -0.3 is 4.55 Å². The van der Waals surface area contributed by atoms with Gasteiger partial charge in [0.25, 0.3) is 0 Å². The summed E-state index contributed by atoms with van der Waals surface area (Å²) >= 11 is -2.06. The molecule has 0 aliphatic carbocycles. The molecule has 1 rings (SSSR count). The van der Waals surface area contributed by atoms with Crippen molar-refractivity contribution in [3.05, 3.63) is 23.8 Å². The van der Waals surface area contributed by atoms with Crippen LogP contribution in [0, 0.1) is 6.92 Å². The van der Waals surface area contributed by atoms with Gasteiger partial charge >= 0.3 is 0 Å². The molecule has 0 N–H and O–H groups in total. The van der Waals surface area contributed by atoms with Crippen molar-refractivity contribution in [1.82, 2.24) is 9.97 Å². The maximum absolute atomic E-state index is 10.7. The Kier molecular flexibility index (Phi) is 3.71. The van der Waals surface area contributed by atoms with Crippen LogP contribution in [-0.4, -0.2) is 24.0 Å². The first-order chi connectivity index (χ1) is 6.52. The van der Waals surface area contributed by atoms with E-state index in [1.165, 1.54) is 0 Å². The lowest BCUT2D eigenvalue weighted by molar-refractivity contribution is 0.513. The molecular formula is C9H13N2O2S-. The zero-order valence-corrected chi connectivity index (χ0v) is 9.25. The Bertz CT molecular complexity index is 326. The second kappa shape index (κ2) is 4.61. The summed E-state index contributed by atoms with van der Waals surface area (Å²) < 4.78 is 21.5. The highest BCUT2D eigenvalue weighted by molar-refractivity contribution is 7.79. The second-order valence-corrected chi connectivity index (χ2v) is 4.60. The quantitative estimate of drug-likeness (QED) is 0.706. The zero-order chi connectivity index (χ0) is 10.7. The lowest BCUT2D eigenvalue weighted by Crippen LogP contribution is -2.19. The molecule has 14 heavy (non-hydrogen) atoms. The van der Waals surface area contributed by atoms with E-state index in [1.54, 1.807) is 19.3 Å². The van der Waals surface area contributed by atoms with Gasteiger partial charge in [-0.3, -0.25) is 14.2 Å². The normalized spacial score (nSPS) is 17.4. The van der Waals surface area contributed by atoms with Crippen LogP contribution < -0.4 is 0 Å². The Morgan fingerprint density at radius 2 is 2.00 bits per heavy atom. The summed E-state index contributed by atoms with van der Waals surface area (Å²) in [6.45, 7) is 5.34. The number of aromatic nitrogens is 2. The van der Waals surface area contributed by atoms with Crippen molar-refractivity contribution in [2.24, 2.45) is 0 Å². The largest absolute Gasteiger partial charge is 0.772 e. The van der Waals surface area contributed by atoms with E-state index >= 15 is 0 Å². The van der Waals surface area contributed by atoms with Crippen LogP contribution >= 0.6 is 0 Å². The molecule has 5 heteroatoms. The van der Waals surface area contributed by atoms with Crippen LogP contribution in [-0.2, 0) is 11.1 Å². The summed E-state index contributed by atoms with van der Waals surface area (Å²) in [5, 5.41) is -0.438. The minimum absolute atomic E-state index is 0.124. The first-order valence-corrected chi connectivity index (χ1v) is 5.52. The summed E-state index contributed by atoms with van der Waals surface area (Å²) in [7, 11) is 0. The Morgan fingerprint density at radius 1 is 1.36 bits per heavy atom. The predicted octanol–water partition coefficient (Wildman–Crippen LogP) is 1.16. The van der Waals surface area contributed by atoms with Crippen LogP contribution in [0.5, 0.6) is 0 Å². The van der Waals surface area contributed by atoms with Crippen LogP contribution in [0.2, 0.25) is 0 Å². The molecule has 0 spiro atoms. The number of nitrogens with zero attached hydrogens (tertiary/aromatic N) is 2. The third-order valence-electron chi connectivity index (χ3n) is 2.28. The van der Waals surface area contributed by atoms with Crippen molar-refractivity contribution < 1.29 is 8.76 Å². The van der Waals surface area contributed by atoms with E-state index in [4.69, 9.17) is 0 Å². The Labute approximate surface area is 86.1 Å². The standard InChI is InChI=1S/C9H14N2O2S/c1-6-4-11-9(5-10-6)7(2)8(3)14(12)13/h4-5,7-8H,1-3H3,(H,12,13)/p-1/t7-,8-/m0/s1. The van der Waals surface area contributed by atoms with Gasteiger partial charge in [0.1, 0.15) is 0 Å². The van der Waals surface area contributed by atoms with E-state index in [9.17, 15) is 8.76 Å². The molecule has 78 valence electrons. The van der Waals surface area contributed by atoms with E-state index < -0.39 is 16.3 Å². The minimum atomic E-state index is -2.06. The molecule has 1 unspecified atom stereocenters. The third kappa shape index (κ3) is 2.59. The molecule has 0 saturated heterocycles. The topological polar surface area (TPSA) is 65.9 Å². The molecular weight excluding hydrogens is 200 g/mol. The van der Waals surface area contributed by atoms with Crippen LogP contribution in [0.1, 0.15) is 31.2 Å². The van der Waals surface area contributed by atoms with Crippen molar-refractivity contribution in [3.63, 3.8) is 0 Å². The molecule has 4 nitrogen and oxygen atoms in total. The van der Waals surface area contributed by atoms with Gasteiger partial charge in [0.05, 0.1) is 11.4 Å². The number of rotatable bonds is 3. The van der Waals surface area contributed by atoms with Gasteiger partial charge in [-0.15, -0.1) is 0 Å². The molecule has 0 aromatic carbocycles. The summed E-state index contributed by atoms with van der Waals surface area (Å²) in [5.41, 5.74) is 1.55. The first-order valence-electron chi connectivity index (χ1n) is 4.39. The SMILES string of the molecule is Cc1cnc([C@@H](C)[C@H](C)S(=O)[O-])cn1. The van der Waals surface area contributed by atoms with Gasteiger partial charge in [-0.25, -0.2) is 0 Å². The number of hydrogen-bond donors (Lipinski definition) is 0. The maximum atomic E-state index is 10.7. The van der Waals surface area contributed by atoms with Gasteiger partial charge in [-0.2, -0.15) is 0 Å². The molecule has 1 aromatic rings. The molecule has 1 heterocycles. The summed E-state index contributed by atoms with van der Waals surface area (Å²) in [6, 6.07) is 0. The van der Waals surface area contributed by atoms with Crippen LogP contribution in [0.3, 0.4) is 0 Å². The molecule has 0 aliphatic heterocycles. The van der Waals surface area contributed by atoms with Crippen LogP contribution in [0.15, 0.2) is 12.4 Å². The highest BCUT2D eigenvalue weighted by Crippen LogP contribution is 2.19. The fourth-order valence-corrected chi connectivity index (χ4v) is 1.52. The third-order valence-corrected chi connectivity index (χ3v) is 3.29. The number of aryl methyl sites for hydroxylation is 1. The highest BCUT2D eigenvalue weighted by Gasteiger charge is 2.16. The van der Waals surface area contributed by atoms with E-state index in [0.717, 1.165) is 5.69 Å². The number of hydrogen-bond acceptors (Lipinski definition) is 4. The van der Waals surface area contributed by atoms with Crippen molar-refractivity contribution in [3.8, 4) is 0 Å². The summed E-state index contributed by atoms with van der Waals surface area (Å²) in [5.74, 6) is -0.124. The average Bonchev–Trinajstić information content (AvgIpc) is 2.16. The second-order valence-electron chi connectivity index (χ2n) is 3.34. The molecule has 0 saturated carbocycles. The highest BCUT2D eigenvalue weighted by atomic mass is 32.2. The average molecular weight is 213 g/mol. The van der Waals surface area contributed by atoms with Gasteiger partial charge in [-0.1, -0.05) is 24.9 Å². The van der Waals surface area contributed by atoms with Crippen LogP contribution in [0.4, 0.5) is 0 Å². The van der Waals surface area contributed by atoms with Crippen molar-refractivity contribution in [2.45, 2.75) is 31.9 Å². The summed E-state index contributed by atoms with van der Waals surface area (Å²) in [4.78, 5) is 8.22. The lowest BCUT2D eigenvalue weighted by Gasteiger charge is -2.21. The predicted molar refractivity (Wildman–Crippen MR) is 53.6 cm³/mol. The molecule has 3 atom stereocenters. The Balaban J connectivity index is 2.84. The molecule has 0 fully saturated rings. The molecule has 0 bridgehead atoms. The maximum Gasteiger partial charge on any atom is 0.0626 e. The Hall–Kier alpha value is -0.810. The van der Waals surface area contributed by atoms with E-state index in [0.29, 0.717) is 5.69 Å². The van der Waals surface area contributed by atoms with Gasteiger partial charge in [0.2, 0.25) is 0 Å². The van der Waals surface area contributed by atoms with Gasteiger partial charge in [-0.05, 0) is 6.92 Å². The molecule has 0 aliphatic rings. The van der Waals surface area contributed by atoms with Crippen molar-refractivity contribution >= 4 is 11.1 Å². The van der Waals surface area contributed by atoms with Crippen LogP contribution in [0.25, 0.3) is 0 Å². The van der Waals surface area contributed by atoms with E-state index in [1.807, 2.05) is 13.8 Å². The van der Waals surface area contributed by atoms with Gasteiger partial charge in [0, 0.05) is 23.6 Å². The zero-order valence-electron chi connectivity index (χ0n) is 8.43. The molecule has 1 aromatic heterocycles. The smallest absolute Gasteiger partial charge is 0.0626 e. The van der Waals surface area contributed by atoms with E-state index in [-0.39, 0.29) is 5.92 Å². The van der Waals surface area contributed by atoms with Crippen molar-refractivity contribution in [2.75, 3.05) is 0 Å². The molecule has 0 amide bonds. The van der Waals surface area contributed by atoms with E-state index in [2.05, 4.69) is 9.97 Å². The fourth-order valence-electron chi connectivity index (χ4n) is 1.04. The molecule has 0 radical (unpaired) electrons. The first kappa shape index (κ1) is 11.3. The fraction of sp³-hybridized carbons (Fsp3) is 0.556. The Morgan fingerprint density at radius 3 is 2.43 bits per heavy atom. The van der Waals surface area contributed by atoms with Crippen molar-refractivity contribution in [1.29, 1.82) is 0 Å².